The van der Waals surface area contributed by atoms with Crippen LogP contribution in [0.15, 0.2) is 36.7 Å². The number of carbonyl (C=O) groups is 2. The molecule has 10 heteroatoms. The molecule has 4 rings (SSSR count). The zero-order valence-corrected chi connectivity index (χ0v) is 17.5. The third-order valence-corrected chi connectivity index (χ3v) is 5.27. The average molecular weight is 425 g/mol. The normalized spacial score (nSPS) is 13.3. The van der Waals surface area contributed by atoms with Gasteiger partial charge in [0.05, 0.1) is 18.8 Å². The maximum atomic E-state index is 13.0. The van der Waals surface area contributed by atoms with Gasteiger partial charge in [0.1, 0.15) is 18.0 Å². The summed E-state index contributed by atoms with van der Waals surface area (Å²) in [5, 5.41) is 8.86. The molecule has 1 aliphatic rings. The lowest BCUT2D eigenvalue weighted by Gasteiger charge is -2.18. The van der Waals surface area contributed by atoms with Crippen molar-refractivity contribution < 1.29 is 14.0 Å². The molecule has 162 valence electrons. The van der Waals surface area contributed by atoms with Crippen molar-refractivity contribution in [3.63, 3.8) is 0 Å². The van der Waals surface area contributed by atoms with Gasteiger partial charge in [0.2, 0.25) is 12.2 Å². The van der Waals surface area contributed by atoms with Gasteiger partial charge in [-0.1, -0.05) is 12.1 Å². The van der Waals surface area contributed by atoms with E-state index in [1.54, 1.807) is 35.6 Å². The Hall–Kier alpha value is -3.56. The van der Waals surface area contributed by atoms with Gasteiger partial charge < -0.3 is 9.80 Å². The molecule has 0 unspecified atom stereocenters. The third-order valence-electron chi connectivity index (χ3n) is 5.27. The maximum absolute atomic E-state index is 13.0. The molecule has 1 aliphatic carbocycles. The van der Waals surface area contributed by atoms with E-state index in [9.17, 15) is 14.0 Å². The fraction of sp³-hybridized carbons (Fsp3) is 0.381. The van der Waals surface area contributed by atoms with Crippen molar-refractivity contribution >= 4 is 18.1 Å². The van der Waals surface area contributed by atoms with E-state index in [0.717, 1.165) is 30.5 Å². The van der Waals surface area contributed by atoms with Crippen LogP contribution in [0.3, 0.4) is 0 Å². The second-order valence-electron chi connectivity index (χ2n) is 7.76. The molecular weight excluding hydrogens is 401 g/mol. The molecule has 1 aromatic carbocycles. The minimum atomic E-state index is -0.308. The van der Waals surface area contributed by atoms with Crippen LogP contribution < -0.4 is 4.90 Å². The summed E-state index contributed by atoms with van der Waals surface area (Å²) in [7, 11) is 3.36. The van der Waals surface area contributed by atoms with Crippen LogP contribution in [0.1, 0.15) is 40.6 Å². The minimum absolute atomic E-state index is 0.0916. The summed E-state index contributed by atoms with van der Waals surface area (Å²) in [5.41, 5.74) is 1.84. The van der Waals surface area contributed by atoms with Crippen LogP contribution in [-0.2, 0) is 17.9 Å². The molecule has 2 amide bonds. The van der Waals surface area contributed by atoms with E-state index in [0.29, 0.717) is 31.4 Å². The highest BCUT2D eigenvalue weighted by atomic mass is 19.1. The second-order valence-corrected chi connectivity index (χ2v) is 7.76. The highest BCUT2D eigenvalue weighted by Crippen LogP contribution is 2.40. The molecule has 0 N–H and O–H groups in total. The number of anilines is 1. The van der Waals surface area contributed by atoms with E-state index >= 15 is 0 Å². The number of rotatable bonds is 9. The highest BCUT2D eigenvalue weighted by Gasteiger charge is 2.28. The SMILES string of the molecule is CN(CCn1nc(C2CC2)cc1N(C)C=O)C(=O)c1ncn(Cc2ccc(F)cc2)n1. The van der Waals surface area contributed by atoms with E-state index in [-0.39, 0.29) is 17.5 Å². The van der Waals surface area contributed by atoms with Gasteiger partial charge in [-0.3, -0.25) is 9.59 Å². The number of halogens is 1. The first-order chi connectivity index (χ1) is 14.9. The summed E-state index contributed by atoms with van der Waals surface area (Å²) in [5.74, 6) is 0.656. The summed E-state index contributed by atoms with van der Waals surface area (Å²) >= 11 is 0. The molecule has 1 fully saturated rings. The third kappa shape index (κ3) is 4.79. The van der Waals surface area contributed by atoms with Crippen molar-refractivity contribution in [1.29, 1.82) is 0 Å². The van der Waals surface area contributed by atoms with Gasteiger partial charge in [0.25, 0.3) is 5.91 Å². The molecule has 0 spiro atoms. The van der Waals surface area contributed by atoms with Crippen molar-refractivity contribution in [3.8, 4) is 0 Å². The molecule has 0 bridgehead atoms. The van der Waals surface area contributed by atoms with Crippen molar-refractivity contribution in [3.05, 3.63) is 59.6 Å². The highest BCUT2D eigenvalue weighted by molar-refractivity contribution is 5.90. The Morgan fingerprint density at radius 1 is 1.23 bits per heavy atom. The lowest BCUT2D eigenvalue weighted by molar-refractivity contribution is -0.107. The van der Waals surface area contributed by atoms with E-state index in [2.05, 4.69) is 15.2 Å². The van der Waals surface area contributed by atoms with Crippen LogP contribution in [0, 0.1) is 5.82 Å². The van der Waals surface area contributed by atoms with Crippen molar-refractivity contribution in [2.45, 2.75) is 31.8 Å². The fourth-order valence-corrected chi connectivity index (χ4v) is 3.27. The molecule has 0 saturated heterocycles. The van der Waals surface area contributed by atoms with Crippen molar-refractivity contribution in [2.24, 2.45) is 0 Å². The predicted molar refractivity (Wildman–Crippen MR) is 111 cm³/mol. The Labute approximate surface area is 179 Å². The molecule has 0 aliphatic heterocycles. The Bertz CT molecular complexity index is 1070. The summed E-state index contributed by atoms with van der Waals surface area (Å²) in [4.78, 5) is 31.1. The van der Waals surface area contributed by atoms with Gasteiger partial charge in [-0.25, -0.2) is 18.7 Å². The molecule has 9 nitrogen and oxygen atoms in total. The number of carbonyl (C=O) groups excluding carboxylic acids is 2. The molecule has 2 aromatic heterocycles. The molecular formula is C21H24FN7O2. The van der Waals surface area contributed by atoms with E-state index in [1.807, 2.05) is 6.07 Å². The van der Waals surface area contributed by atoms with Crippen LogP contribution in [-0.4, -0.2) is 62.4 Å². The van der Waals surface area contributed by atoms with Crippen LogP contribution >= 0.6 is 0 Å². The van der Waals surface area contributed by atoms with Crippen LogP contribution in [0.4, 0.5) is 10.2 Å². The van der Waals surface area contributed by atoms with Crippen LogP contribution in [0.5, 0.6) is 0 Å². The van der Waals surface area contributed by atoms with Gasteiger partial charge in [-0.15, -0.1) is 5.10 Å². The van der Waals surface area contributed by atoms with E-state index in [1.165, 1.54) is 28.3 Å². The van der Waals surface area contributed by atoms with Gasteiger partial charge in [-0.05, 0) is 30.5 Å². The largest absolute Gasteiger partial charge is 0.337 e. The molecule has 2 heterocycles. The van der Waals surface area contributed by atoms with Crippen LogP contribution in [0.25, 0.3) is 0 Å². The predicted octanol–water partition coefficient (Wildman–Crippen LogP) is 1.90. The lowest BCUT2D eigenvalue weighted by atomic mass is 10.2. The molecule has 0 atom stereocenters. The molecule has 0 radical (unpaired) electrons. The first kappa shape index (κ1) is 20.7. The average Bonchev–Trinajstić information content (AvgIpc) is 3.37. The van der Waals surface area contributed by atoms with Gasteiger partial charge >= 0.3 is 0 Å². The van der Waals surface area contributed by atoms with Crippen molar-refractivity contribution in [2.75, 3.05) is 25.5 Å². The number of amides is 2. The van der Waals surface area contributed by atoms with Crippen molar-refractivity contribution in [1.82, 2.24) is 29.4 Å². The first-order valence-electron chi connectivity index (χ1n) is 10.1. The molecule has 3 aromatic rings. The summed E-state index contributed by atoms with van der Waals surface area (Å²) in [6.45, 7) is 1.22. The zero-order chi connectivity index (χ0) is 22.0. The second kappa shape index (κ2) is 8.66. The topological polar surface area (TPSA) is 89.2 Å². The molecule has 1 saturated carbocycles. The zero-order valence-electron chi connectivity index (χ0n) is 17.5. The minimum Gasteiger partial charge on any atom is -0.337 e. The summed E-state index contributed by atoms with van der Waals surface area (Å²) in [6, 6.07) is 8.03. The number of hydrogen-bond donors (Lipinski definition) is 0. The maximum Gasteiger partial charge on any atom is 0.293 e. The fourth-order valence-electron chi connectivity index (χ4n) is 3.27. The summed E-state index contributed by atoms with van der Waals surface area (Å²) < 4.78 is 16.3. The lowest BCUT2D eigenvalue weighted by Crippen LogP contribution is -2.32. The number of benzene rings is 1. The Morgan fingerprint density at radius 2 is 1.97 bits per heavy atom. The van der Waals surface area contributed by atoms with E-state index < -0.39 is 0 Å². The van der Waals surface area contributed by atoms with E-state index in [4.69, 9.17) is 0 Å². The van der Waals surface area contributed by atoms with Gasteiger partial charge in [0.15, 0.2) is 0 Å². The number of hydrogen-bond acceptors (Lipinski definition) is 5. The number of aromatic nitrogens is 5. The summed E-state index contributed by atoms with van der Waals surface area (Å²) in [6.07, 6.45) is 4.46. The standard InChI is InChI=1S/C21H24FN7O2/c1-26(9-10-29-19(27(2)14-30)11-18(24-29)16-5-6-16)21(31)20-23-13-28(25-20)12-15-3-7-17(22)8-4-15/h3-4,7-8,11,13-14,16H,5-6,9-10,12H2,1-2H3. The Morgan fingerprint density at radius 3 is 2.65 bits per heavy atom. The van der Waals surface area contributed by atoms with Crippen LogP contribution in [0.2, 0.25) is 0 Å². The monoisotopic (exact) mass is 425 g/mol. The Balaban J connectivity index is 1.38. The quantitative estimate of drug-likeness (QED) is 0.489. The number of likely N-dealkylation sites (N-methyl/N-ethyl adjacent to an activating group) is 1. The smallest absolute Gasteiger partial charge is 0.293 e. The van der Waals surface area contributed by atoms with Gasteiger partial charge in [0, 0.05) is 32.6 Å². The molecule has 31 heavy (non-hydrogen) atoms. The Kier molecular flexibility index (Phi) is 5.79. The first-order valence-corrected chi connectivity index (χ1v) is 10.1. The van der Waals surface area contributed by atoms with Gasteiger partial charge in [-0.2, -0.15) is 5.10 Å². The number of nitrogens with zero attached hydrogens (tertiary/aromatic N) is 7.